The van der Waals surface area contributed by atoms with Crippen LogP contribution in [0.4, 0.5) is 0 Å². The van der Waals surface area contributed by atoms with E-state index in [9.17, 15) is 5.11 Å². The highest BCUT2D eigenvalue weighted by Crippen LogP contribution is 2.45. The zero-order chi connectivity index (χ0) is 15.7. The fourth-order valence-electron chi connectivity index (χ4n) is 3.89. The molecular weight excluding hydrogens is 276 g/mol. The summed E-state index contributed by atoms with van der Waals surface area (Å²) in [5.74, 6) is 0.880. The smallest absolute Gasteiger partial charge is 0.119 e. The van der Waals surface area contributed by atoms with Gasteiger partial charge in [-0.25, -0.2) is 0 Å². The fourth-order valence-corrected chi connectivity index (χ4v) is 3.89. The van der Waals surface area contributed by atoms with Gasteiger partial charge in [-0.1, -0.05) is 12.1 Å². The maximum atomic E-state index is 11.1. The van der Waals surface area contributed by atoms with Crippen molar-refractivity contribution >= 4 is 0 Å². The number of fused-ring (bicyclic) bond motifs is 2. The van der Waals surface area contributed by atoms with Gasteiger partial charge in [0, 0.05) is 18.6 Å². The molecule has 2 aliphatic rings. The zero-order valence-corrected chi connectivity index (χ0v) is 14.0. The molecule has 0 radical (unpaired) electrons. The standard InChI is InChI=1S/C18H28N2O2/c1-19(2)10-11-22-17-8-4-14(5-9-17)18(21)12-15-6-7-16(13-18)20(15)3/h4-5,8-9,15-16,21H,6-7,10-13H2,1-3H3. The molecule has 2 atom stereocenters. The monoisotopic (exact) mass is 304 g/mol. The van der Waals surface area contributed by atoms with Gasteiger partial charge in [-0.2, -0.15) is 0 Å². The Labute approximate surface area is 133 Å². The molecule has 2 heterocycles. The van der Waals surface area contributed by atoms with Gasteiger partial charge in [0.25, 0.3) is 0 Å². The van der Waals surface area contributed by atoms with Crippen LogP contribution in [0.1, 0.15) is 31.2 Å². The van der Waals surface area contributed by atoms with Gasteiger partial charge in [0.2, 0.25) is 0 Å². The van der Waals surface area contributed by atoms with Crippen molar-refractivity contribution in [3.63, 3.8) is 0 Å². The highest BCUT2D eigenvalue weighted by atomic mass is 16.5. The number of nitrogens with zero attached hydrogens (tertiary/aromatic N) is 2. The second-order valence-corrected chi connectivity index (χ2v) is 7.17. The molecule has 0 saturated carbocycles. The highest BCUT2D eigenvalue weighted by Gasteiger charge is 2.46. The van der Waals surface area contributed by atoms with Crippen LogP contribution in [-0.2, 0) is 5.60 Å². The third kappa shape index (κ3) is 3.14. The van der Waals surface area contributed by atoms with Crippen molar-refractivity contribution < 1.29 is 9.84 Å². The largest absolute Gasteiger partial charge is 0.492 e. The Morgan fingerprint density at radius 1 is 1.18 bits per heavy atom. The average molecular weight is 304 g/mol. The first-order chi connectivity index (χ1) is 10.5. The third-order valence-electron chi connectivity index (χ3n) is 5.33. The van der Waals surface area contributed by atoms with E-state index in [0.717, 1.165) is 30.7 Å². The van der Waals surface area contributed by atoms with Gasteiger partial charge >= 0.3 is 0 Å². The summed E-state index contributed by atoms with van der Waals surface area (Å²) in [4.78, 5) is 4.55. The van der Waals surface area contributed by atoms with Crippen molar-refractivity contribution in [3.05, 3.63) is 29.8 Å². The molecule has 4 nitrogen and oxygen atoms in total. The van der Waals surface area contributed by atoms with E-state index in [-0.39, 0.29) is 0 Å². The van der Waals surface area contributed by atoms with Crippen LogP contribution in [-0.4, -0.2) is 61.3 Å². The molecule has 1 aromatic rings. The van der Waals surface area contributed by atoms with Crippen molar-refractivity contribution in [1.29, 1.82) is 0 Å². The lowest BCUT2D eigenvalue weighted by Crippen LogP contribution is -2.47. The Bertz CT molecular complexity index is 486. The predicted molar refractivity (Wildman–Crippen MR) is 88.2 cm³/mol. The Morgan fingerprint density at radius 2 is 1.77 bits per heavy atom. The molecule has 0 aromatic heterocycles. The molecular formula is C18H28N2O2. The van der Waals surface area contributed by atoms with Crippen LogP contribution in [0.3, 0.4) is 0 Å². The average Bonchev–Trinajstić information content (AvgIpc) is 2.71. The van der Waals surface area contributed by atoms with Crippen LogP contribution >= 0.6 is 0 Å². The summed E-state index contributed by atoms with van der Waals surface area (Å²) in [7, 11) is 6.27. The molecule has 0 aliphatic carbocycles. The fraction of sp³-hybridized carbons (Fsp3) is 0.667. The molecule has 1 N–H and O–H groups in total. The summed E-state index contributed by atoms with van der Waals surface area (Å²) < 4.78 is 5.73. The number of rotatable bonds is 5. The number of hydrogen-bond donors (Lipinski definition) is 1. The van der Waals surface area contributed by atoms with Crippen molar-refractivity contribution in [1.82, 2.24) is 9.80 Å². The molecule has 2 aliphatic heterocycles. The van der Waals surface area contributed by atoms with E-state index in [1.165, 1.54) is 12.8 Å². The second-order valence-electron chi connectivity index (χ2n) is 7.17. The summed E-state index contributed by atoms with van der Waals surface area (Å²) in [6, 6.07) is 9.11. The highest BCUT2D eigenvalue weighted by molar-refractivity contribution is 5.32. The first kappa shape index (κ1) is 15.8. The summed E-state index contributed by atoms with van der Waals surface area (Å²) in [6.45, 7) is 1.59. The number of ether oxygens (including phenoxy) is 1. The number of hydrogen-bond acceptors (Lipinski definition) is 4. The lowest BCUT2D eigenvalue weighted by molar-refractivity contribution is -0.0493. The molecule has 4 heteroatoms. The molecule has 0 spiro atoms. The minimum atomic E-state index is -0.666. The minimum Gasteiger partial charge on any atom is -0.492 e. The first-order valence-electron chi connectivity index (χ1n) is 8.30. The maximum absolute atomic E-state index is 11.1. The maximum Gasteiger partial charge on any atom is 0.119 e. The SMILES string of the molecule is CN(C)CCOc1ccc(C2(O)CC3CCC(C2)N3C)cc1. The van der Waals surface area contributed by atoms with Gasteiger partial charge < -0.3 is 19.6 Å². The Balaban J connectivity index is 1.65. The third-order valence-corrected chi connectivity index (χ3v) is 5.33. The number of aliphatic hydroxyl groups is 1. The van der Waals surface area contributed by atoms with Gasteiger partial charge in [-0.05, 0) is 64.5 Å². The molecule has 2 fully saturated rings. The lowest BCUT2D eigenvalue weighted by atomic mass is 9.81. The molecule has 122 valence electrons. The molecule has 1 aromatic carbocycles. The molecule has 3 rings (SSSR count). The number of benzene rings is 1. The van der Waals surface area contributed by atoms with E-state index in [0.29, 0.717) is 18.7 Å². The van der Waals surface area contributed by atoms with E-state index in [1.807, 2.05) is 38.4 Å². The molecule has 0 amide bonds. The van der Waals surface area contributed by atoms with Crippen LogP contribution in [0.25, 0.3) is 0 Å². The Hall–Kier alpha value is -1.10. The molecule has 2 bridgehead atoms. The van der Waals surface area contributed by atoms with Crippen LogP contribution < -0.4 is 4.74 Å². The van der Waals surface area contributed by atoms with Crippen LogP contribution in [0.5, 0.6) is 5.75 Å². The Morgan fingerprint density at radius 3 is 2.32 bits per heavy atom. The van der Waals surface area contributed by atoms with Crippen molar-refractivity contribution in [2.24, 2.45) is 0 Å². The van der Waals surface area contributed by atoms with Crippen molar-refractivity contribution in [2.75, 3.05) is 34.3 Å². The predicted octanol–water partition coefficient (Wildman–Crippen LogP) is 2.07. The van der Waals surface area contributed by atoms with Gasteiger partial charge in [0.05, 0.1) is 5.60 Å². The summed E-state index contributed by atoms with van der Waals surface area (Å²) in [5, 5.41) is 11.1. The van der Waals surface area contributed by atoms with E-state index in [2.05, 4.69) is 16.8 Å². The minimum absolute atomic E-state index is 0.528. The molecule has 22 heavy (non-hydrogen) atoms. The van der Waals surface area contributed by atoms with E-state index < -0.39 is 5.60 Å². The normalized spacial score (nSPS) is 31.7. The second kappa shape index (κ2) is 6.19. The summed E-state index contributed by atoms with van der Waals surface area (Å²) in [6.07, 6.45) is 4.13. The molecule has 2 saturated heterocycles. The van der Waals surface area contributed by atoms with Gasteiger partial charge in [-0.3, -0.25) is 0 Å². The molecule has 2 unspecified atom stereocenters. The zero-order valence-electron chi connectivity index (χ0n) is 14.0. The number of likely N-dealkylation sites (N-methyl/N-ethyl adjacent to an activating group) is 1. The quantitative estimate of drug-likeness (QED) is 0.903. The van der Waals surface area contributed by atoms with Crippen molar-refractivity contribution in [2.45, 2.75) is 43.4 Å². The van der Waals surface area contributed by atoms with Crippen molar-refractivity contribution in [3.8, 4) is 5.75 Å². The Kier molecular flexibility index (Phi) is 4.44. The van der Waals surface area contributed by atoms with Gasteiger partial charge in [-0.15, -0.1) is 0 Å². The lowest BCUT2D eigenvalue weighted by Gasteiger charge is -2.42. The van der Waals surface area contributed by atoms with Gasteiger partial charge in [0.15, 0.2) is 0 Å². The van der Waals surface area contributed by atoms with Crippen LogP contribution in [0.15, 0.2) is 24.3 Å². The van der Waals surface area contributed by atoms with E-state index in [4.69, 9.17) is 4.74 Å². The summed E-state index contributed by atoms with van der Waals surface area (Å²) >= 11 is 0. The van der Waals surface area contributed by atoms with Crippen LogP contribution in [0.2, 0.25) is 0 Å². The van der Waals surface area contributed by atoms with E-state index in [1.54, 1.807) is 0 Å². The number of piperidine rings is 1. The van der Waals surface area contributed by atoms with Gasteiger partial charge in [0.1, 0.15) is 12.4 Å². The van der Waals surface area contributed by atoms with Crippen LogP contribution in [0, 0.1) is 0 Å². The first-order valence-corrected chi connectivity index (χ1v) is 8.30. The summed E-state index contributed by atoms with van der Waals surface area (Å²) in [5.41, 5.74) is 0.373. The van der Waals surface area contributed by atoms with E-state index >= 15 is 0 Å². The topological polar surface area (TPSA) is 35.9 Å².